The third kappa shape index (κ3) is 4.15. The molecule has 0 aliphatic heterocycles. The number of hydrogen-bond acceptors (Lipinski definition) is 5. The summed E-state index contributed by atoms with van der Waals surface area (Å²) in [6, 6.07) is 5.27. The molecule has 6 heteroatoms. The van der Waals surface area contributed by atoms with Crippen LogP contribution in [0.3, 0.4) is 0 Å². The van der Waals surface area contributed by atoms with Gasteiger partial charge >= 0.3 is 5.97 Å². The van der Waals surface area contributed by atoms with Gasteiger partial charge in [-0.15, -0.1) is 0 Å². The second kappa shape index (κ2) is 7.37. The van der Waals surface area contributed by atoms with E-state index in [9.17, 15) is 9.59 Å². The third-order valence-electron chi connectivity index (χ3n) is 2.77. The number of ether oxygens (including phenoxy) is 2. The number of likely N-dealkylation sites (N-methyl/N-ethyl adjacent to an activating group) is 1. The van der Waals surface area contributed by atoms with Crippen LogP contribution in [-0.4, -0.2) is 39.2 Å². The summed E-state index contributed by atoms with van der Waals surface area (Å²) in [6.45, 7) is 4.09. The zero-order valence-electron chi connectivity index (χ0n) is 12.2. The van der Waals surface area contributed by atoms with E-state index in [-0.39, 0.29) is 18.4 Å². The zero-order valence-corrected chi connectivity index (χ0v) is 12.2. The number of esters is 1. The van der Waals surface area contributed by atoms with Crippen molar-refractivity contribution in [1.82, 2.24) is 0 Å². The molecule has 0 fully saturated rings. The molecule has 1 N–H and O–H groups in total. The summed E-state index contributed by atoms with van der Waals surface area (Å²) in [7, 11) is 2.91. The Hall–Kier alpha value is -2.24. The summed E-state index contributed by atoms with van der Waals surface area (Å²) in [6.07, 6.45) is 0. The van der Waals surface area contributed by atoms with Crippen LogP contribution in [0.25, 0.3) is 0 Å². The van der Waals surface area contributed by atoms with Crippen molar-refractivity contribution in [2.75, 3.05) is 37.5 Å². The van der Waals surface area contributed by atoms with Crippen LogP contribution in [0, 0.1) is 0 Å². The van der Waals surface area contributed by atoms with E-state index >= 15 is 0 Å². The van der Waals surface area contributed by atoms with E-state index in [4.69, 9.17) is 4.74 Å². The normalized spacial score (nSPS) is 9.80. The van der Waals surface area contributed by atoms with Crippen LogP contribution in [0.1, 0.15) is 13.8 Å². The van der Waals surface area contributed by atoms with Gasteiger partial charge in [0.1, 0.15) is 12.3 Å². The van der Waals surface area contributed by atoms with Crippen molar-refractivity contribution in [3.8, 4) is 5.75 Å². The predicted octanol–water partition coefficient (Wildman–Crippen LogP) is 1.65. The van der Waals surface area contributed by atoms with Crippen LogP contribution >= 0.6 is 0 Å². The molecule has 6 nitrogen and oxygen atoms in total. The molecule has 0 radical (unpaired) electrons. The van der Waals surface area contributed by atoms with E-state index in [0.29, 0.717) is 18.0 Å². The van der Waals surface area contributed by atoms with Crippen molar-refractivity contribution >= 4 is 23.3 Å². The lowest BCUT2D eigenvalue weighted by Gasteiger charge is -2.24. The van der Waals surface area contributed by atoms with Crippen LogP contribution in [0.5, 0.6) is 5.75 Å². The fourth-order valence-electron chi connectivity index (χ4n) is 1.81. The topological polar surface area (TPSA) is 67.9 Å². The Balaban J connectivity index is 3.09. The summed E-state index contributed by atoms with van der Waals surface area (Å²) in [5, 5.41) is 2.71. The van der Waals surface area contributed by atoms with Crippen molar-refractivity contribution < 1.29 is 19.1 Å². The first-order chi connectivity index (χ1) is 9.51. The van der Waals surface area contributed by atoms with E-state index in [1.54, 1.807) is 25.3 Å². The van der Waals surface area contributed by atoms with Gasteiger partial charge in [0.25, 0.3) is 0 Å². The van der Waals surface area contributed by atoms with E-state index in [2.05, 4.69) is 10.1 Å². The van der Waals surface area contributed by atoms with Crippen molar-refractivity contribution in [2.45, 2.75) is 13.8 Å². The molecule has 20 heavy (non-hydrogen) atoms. The smallest absolute Gasteiger partial charge is 0.325 e. The first kappa shape index (κ1) is 15.8. The molecule has 0 atom stereocenters. The molecule has 110 valence electrons. The molecule has 0 heterocycles. The zero-order chi connectivity index (χ0) is 15.1. The minimum atomic E-state index is -0.334. The number of carbonyl (C=O) groups is 2. The Morgan fingerprint density at radius 2 is 2.00 bits per heavy atom. The molecule has 0 aliphatic carbocycles. The van der Waals surface area contributed by atoms with Crippen LogP contribution in [0.15, 0.2) is 18.2 Å². The van der Waals surface area contributed by atoms with Crippen molar-refractivity contribution in [2.24, 2.45) is 0 Å². The average Bonchev–Trinajstić information content (AvgIpc) is 2.43. The minimum absolute atomic E-state index is 0.118. The fourth-order valence-corrected chi connectivity index (χ4v) is 1.81. The number of rotatable bonds is 6. The van der Waals surface area contributed by atoms with Crippen LogP contribution in [0.2, 0.25) is 0 Å². The van der Waals surface area contributed by atoms with Gasteiger partial charge in [0.15, 0.2) is 0 Å². The number of nitrogens with one attached hydrogen (secondary N) is 1. The van der Waals surface area contributed by atoms with Gasteiger partial charge in [0.05, 0.1) is 19.9 Å². The Kier molecular flexibility index (Phi) is 5.83. The Labute approximate surface area is 118 Å². The molecule has 0 bridgehead atoms. The number of nitrogens with zero attached hydrogens (tertiary/aromatic N) is 1. The van der Waals surface area contributed by atoms with E-state index < -0.39 is 0 Å². The second-order valence-electron chi connectivity index (χ2n) is 4.16. The molecule has 0 aliphatic rings. The number of anilines is 2. The van der Waals surface area contributed by atoms with Gasteiger partial charge in [-0.1, -0.05) is 0 Å². The average molecular weight is 280 g/mol. The van der Waals surface area contributed by atoms with Crippen LogP contribution in [0.4, 0.5) is 11.4 Å². The van der Waals surface area contributed by atoms with Gasteiger partial charge in [-0.3, -0.25) is 9.59 Å². The molecule has 1 aromatic carbocycles. The van der Waals surface area contributed by atoms with Crippen molar-refractivity contribution in [1.29, 1.82) is 0 Å². The molecular formula is C14H20N2O4. The van der Waals surface area contributed by atoms with Gasteiger partial charge in [0, 0.05) is 19.2 Å². The third-order valence-corrected chi connectivity index (χ3v) is 2.77. The molecule has 0 saturated carbocycles. The SMILES string of the molecule is CCN(CC(=O)OC)c1cc(NC(C)=O)ccc1OC. The maximum atomic E-state index is 11.4. The van der Waals surface area contributed by atoms with Gasteiger partial charge in [-0.25, -0.2) is 0 Å². The lowest BCUT2D eigenvalue weighted by molar-refractivity contribution is -0.139. The molecule has 1 amide bonds. The molecule has 0 aromatic heterocycles. The quantitative estimate of drug-likeness (QED) is 0.803. The van der Waals surface area contributed by atoms with Crippen molar-refractivity contribution in [3.05, 3.63) is 18.2 Å². The number of carbonyl (C=O) groups excluding carboxylic acids is 2. The highest BCUT2D eigenvalue weighted by Gasteiger charge is 2.15. The number of amides is 1. The van der Waals surface area contributed by atoms with E-state index in [1.165, 1.54) is 14.0 Å². The molecule has 1 rings (SSSR count). The minimum Gasteiger partial charge on any atom is -0.495 e. The van der Waals surface area contributed by atoms with Gasteiger partial charge < -0.3 is 19.7 Å². The fraction of sp³-hybridized carbons (Fsp3) is 0.429. The number of methoxy groups -OCH3 is 2. The number of hydrogen-bond donors (Lipinski definition) is 1. The monoisotopic (exact) mass is 280 g/mol. The molecule has 1 aromatic rings. The summed E-state index contributed by atoms with van der Waals surface area (Å²) in [5.41, 5.74) is 1.38. The second-order valence-corrected chi connectivity index (χ2v) is 4.16. The first-order valence-electron chi connectivity index (χ1n) is 6.29. The maximum Gasteiger partial charge on any atom is 0.325 e. The van der Waals surface area contributed by atoms with Crippen LogP contribution < -0.4 is 15.0 Å². The van der Waals surface area contributed by atoms with E-state index in [0.717, 1.165) is 5.69 Å². The first-order valence-corrected chi connectivity index (χ1v) is 6.29. The largest absolute Gasteiger partial charge is 0.495 e. The van der Waals surface area contributed by atoms with Crippen molar-refractivity contribution in [3.63, 3.8) is 0 Å². The highest BCUT2D eigenvalue weighted by Crippen LogP contribution is 2.31. The lowest BCUT2D eigenvalue weighted by Crippen LogP contribution is -2.30. The van der Waals surface area contributed by atoms with E-state index in [1.807, 2.05) is 11.8 Å². The highest BCUT2D eigenvalue weighted by atomic mass is 16.5. The highest BCUT2D eigenvalue weighted by molar-refractivity contribution is 5.90. The van der Waals surface area contributed by atoms with Crippen LogP contribution in [-0.2, 0) is 14.3 Å². The summed E-state index contributed by atoms with van der Waals surface area (Å²) in [4.78, 5) is 24.4. The molecule has 0 unspecified atom stereocenters. The summed E-state index contributed by atoms with van der Waals surface area (Å²) < 4.78 is 9.98. The number of benzene rings is 1. The maximum absolute atomic E-state index is 11.4. The predicted molar refractivity (Wildman–Crippen MR) is 77.2 cm³/mol. The van der Waals surface area contributed by atoms with Gasteiger partial charge in [-0.2, -0.15) is 0 Å². The molecular weight excluding hydrogens is 260 g/mol. The Bertz CT molecular complexity index is 488. The standard InChI is InChI=1S/C14H20N2O4/c1-5-16(9-14(18)20-4)12-8-11(15-10(2)17)6-7-13(12)19-3/h6-8H,5,9H2,1-4H3,(H,15,17). The van der Waals surface area contributed by atoms with Gasteiger partial charge in [0.2, 0.25) is 5.91 Å². The Morgan fingerprint density at radius 1 is 1.30 bits per heavy atom. The molecule has 0 saturated heterocycles. The summed E-state index contributed by atoms with van der Waals surface area (Å²) in [5.74, 6) is 0.140. The Morgan fingerprint density at radius 3 is 2.50 bits per heavy atom. The lowest BCUT2D eigenvalue weighted by atomic mass is 10.2. The molecule has 0 spiro atoms. The van der Waals surface area contributed by atoms with Gasteiger partial charge in [-0.05, 0) is 25.1 Å². The summed E-state index contributed by atoms with van der Waals surface area (Å²) >= 11 is 0.